The number of aliphatic carboxylic acids is 1. The molecule has 0 radical (unpaired) electrons. The first-order valence-corrected chi connectivity index (χ1v) is 10.4. The number of hydrogen-bond acceptors (Lipinski definition) is 7. The highest BCUT2D eigenvalue weighted by Gasteiger charge is 2.38. The normalized spacial score (nSPS) is 11.4. The molecule has 0 bridgehead atoms. The number of nitrogens with two attached hydrogens (primary N) is 2. The van der Waals surface area contributed by atoms with E-state index in [1.54, 1.807) is 30.3 Å². The zero-order valence-electron chi connectivity index (χ0n) is 16.3. The number of carbonyl (C=O) groups excluding carboxylic acids is 1. The molecule has 0 aliphatic carbocycles. The first kappa shape index (κ1) is 24.4. The van der Waals surface area contributed by atoms with Gasteiger partial charge in [-0.2, -0.15) is 13.2 Å². The zero-order valence-corrected chi connectivity index (χ0v) is 17.2. The fourth-order valence-electron chi connectivity index (χ4n) is 2.48. The van der Waals surface area contributed by atoms with Crippen molar-refractivity contribution in [1.29, 1.82) is 0 Å². The van der Waals surface area contributed by atoms with Crippen LogP contribution in [0.1, 0.15) is 10.4 Å². The van der Waals surface area contributed by atoms with Crippen molar-refractivity contribution in [2.75, 3.05) is 17.3 Å². The molecular weight excluding hydrogens is 453 g/mol. The highest BCUT2D eigenvalue weighted by atomic mass is 32.2. The molecule has 13 heteroatoms. The average Bonchev–Trinajstić information content (AvgIpc) is 2.66. The number of rotatable bonds is 4. The van der Waals surface area contributed by atoms with E-state index in [1.807, 2.05) is 0 Å². The summed E-state index contributed by atoms with van der Waals surface area (Å²) in [6.45, 7) is 0. The molecule has 0 saturated heterocycles. The zero-order chi connectivity index (χ0) is 24.3. The van der Waals surface area contributed by atoms with Crippen LogP contribution in [0.15, 0.2) is 53.6 Å². The second-order valence-corrected chi connectivity index (χ2v) is 8.43. The molecule has 0 atom stereocenters. The van der Waals surface area contributed by atoms with Crippen LogP contribution in [0.3, 0.4) is 0 Å². The maximum absolute atomic E-state index is 11.9. The molecule has 1 amide bonds. The lowest BCUT2D eigenvalue weighted by molar-refractivity contribution is -0.192. The van der Waals surface area contributed by atoms with Crippen LogP contribution in [-0.4, -0.2) is 42.8 Å². The Hall–Kier alpha value is -3.87. The topological polar surface area (TPSA) is 165 Å². The summed E-state index contributed by atoms with van der Waals surface area (Å²) in [6, 6.07) is 11.5. The minimum Gasteiger partial charge on any atom is -0.475 e. The average molecular weight is 470 g/mol. The number of pyridine rings is 1. The molecule has 3 rings (SSSR count). The number of aromatic nitrogens is 1. The number of nitrogens with zero attached hydrogens (tertiary/aromatic N) is 1. The van der Waals surface area contributed by atoms with Crippen LogP contribution in [0.25, 0.3) is 10.9 Å². The maximum atomic E-state index is 11.9. The van der Waals surface area contributed by atoms with Crippen LogP contribution in [0.5, 0.6) is 0 Å². The van der Waals surface area contributed by atoms with E-state index in [4.69, 9.17) is 21.4 Å². The number of sulfone groups is 1. The fourth-order valence-corrected chi connectivity index (χ4v) is 3.13. The largest absolute Gasteiger partial charge is 0.490 e. The molecule has 32 heavy (non-hydrogen) atoms. The molecule has 0 unspecified atom stereocenters. The SMILES string of the molecule is CS(=O)(=O)c1ccc2ncc(C(N)=O)c(Nc3cccc(N)c3)c2c1.O=C(O)C(F)(F)F. The van der Waals surface area contributed by atoms with Gasteiger partial charge in [-0.15, -0.1) is 0 Å². The number of anilines is 3. The number of nitrogens with one attached hydrogen (secondary N) is 1. The van der Waals surface area contributed by atoms with E-state index in [0.29, 0.717) is 28.0 Å². The second kappa shape index (κ2) is 9.09. The summed E-state index contributed by atoms with van der Waals surface area (Å²) in [4.78, 5) is 25.0. The van der Waals surface area contributed by atoms with Crippen molar-refractivity contribution in [2.24, 2.45) is 5.73 Å². The number of benzene rings is 2. The first-order chi connectivity index (χ1) is 14.7. The standard InChI is InChI=1S/C17H16N4O3S.C2HF3O2/c1-25(23,24)12-5-6-15-13(8-12)16(14(9-20-15)17(19)22)21-11-4-2-3-10(18)7-11;3-2(4,5)1(6)7/h2-9H,18H2,1H3,(H2,19,22)(H,20,21);(H,6,7). The summed E-state index contributed by atoms with van der Waals surface area (Å²) in [5, 5.41) is 10.7. The number of hydrogen-bond donors (Lipinski definition) is 4. The molecule has 170 valence electrons. The highest BCUT2D eigenvalue weighted by molar-refractivity contribution is 7.90. The Balaban J connectivity index is 0.000000451. The van der Waals surface area contributed by atoms with Gasteiger partial charge in [0.2, 0.25) is 0 Å². The van der Waals surface area contributed by atoms with E-state index in [1.165, 1.54) is 18.3 Å². The quantitative estimate of drug-likeness (QED) is 0.423. The minimum absolute atomic E-state index is 0.124. The lowest BCUT2D eigenvalue weighted by Crippen LogP contribution is -2.21. The number of alkyl halides is 3. The van der Waals surface area contributed by atoms with Crippen LogP contribution >= 0.6 is 0 Å². The summed E-state index contributed by atoms with van der Waals surface area (Å²) in [7, 11) is -3.42. The fraction of sp³-hybridized carbons (Fsp3) is 0.105. The van der Waals surface area contributed by atoms with Gasteiger partial charge in [0.1, 0.15) is 0 Å². The van der Waals surface area contributed by atoms with Crippen molar-refractivity contribution in [3.05, 3.63) is 54.2 Å². The summed E-state index contributed by atoms with van der Waals surface area (Å²) < 4.78 is 55.5. The third kappa shape index (κ3) is 6.07. The molecule has 0 saturated carbocycles. The van der Waals surface area contributed by atoms with Crippen molar-refractivity contribution in [3.8, 4) is 0 Å². The van der Waals surface area contributed by atoms with E-state index in [2.05, 4.69) is 10.3 Å². The predicted molar refractivity (Wildman–Crippen MR) is 111 cm³/mol. The monoisotopic (exact) mass is 470 g/mol. The van der Waals surface area contributed by atoms with Crippen molar-refractivity contribution in [2.45, 2.75) is 11.1 Å². The van der Waals surface area contributed by atoms with Gasteiger partial charge in [0.15, 0.2) is 9.84 Å². The predicted octanol–water partition coefficient (Wildman–Crippen LogP) is 2.70. The van der Waals surface area contributed by atoms with Gasteiger partial charge in [-0.25, -0.2) is 13.2 Å². The van der Waals surface area contributed by atoms with Gasteiger partial charge in [-0.05, 0) is 36.4 Å². The third-order valence-electron chi connectivity index (χ3n) is 3.93. The van der Waals surface area contributed by atoms with Crippen molar-refractivity contribution < 1.29 is 36.3 Å². The van der Waals surface area contributed by atoms with E-state index in [0.717, 1.165) is 6.26 Å². The third-order valence-corrected chi connectivity index (χ3v) is 5.04. The molecule has 2 aromatic carbocycles. The molecule has 1 heterocycles. The van der Waals surface area contributed by atoms with Crippen LogP contribution < -0.4 is 16.8 Å². The van der Waals surface area contributed by atoms with E-state index in [-0.39, 0.29) is 10.5 Å². The molecule has 0 aliphatic rings. The number of halogens is 3. The summed E-state index contributed by atoms with van der Waals surface area (Å²) >= 11 is 0. The van der Waals surface area contributed by atoms with Gasteiger partial charge in [0.25, 0.3) is 5.91 Å². The summed E-state index contributed by atoms with van der Waals surface area (Å²) in [6.07, 6.45) is -2.61. The number of carboxylic acids is 1. The lowest BCUT2D eigenvalue weighted by atomic mass is 10.1. The minimum atomic E-state index is -5.08. The number of amides is 1. The Kier molecular flexibility index (Phi) is 6.93. The van der Waals surface area contributed by atoms with Crippen LogP contribution in [0, 0.1) is 0 Å². The molecule has 0 fully saturated rings. The number of fused-ring (bicyclic) bond motifs is 1. The molecule has 6 N–H and O–H groups in total. The highest BCUT2D eigenvalue weighted by Crippen LogP contribution is 2.31. The Bertz CT molecular complexity index is 1290. The van der Waals surface area contributed by atoms with Crippen LogP contribution in [0.4, 0.5) is 30.2 Å². The van der Waals surface area contributed by atoms with E-state index >= 15 is 0 Å². The van der Waals surface area contributed by atoms with Crippen molar-refractivity contribution >= 4 is 49.7 Å². The summed E-state index contributed by atoms with van der Waals surface area (Å²) in [5.74, 6) is -3.43. The summed E-state index contributed by atoms with van der Waals surface area (Å²) in [5.41, 5.74) is 13.5. The first-order valence-electron chi connectivity index (χ1n) is 8.55. The van der Waals surface area contributed by atoms with Crippen molar-refractivity contribution in [1.82, 2.24) is 4.98 Å². The Labute approximate surface area is 179 Å². The van der Waals surface area contributed by atoms with Gasteiger partial charge < -0.3 is 21.9 Å². The van der Waals surface area contributed by atoms with Crippen molar-refractivity contribution in [3.63, 3.8) is 0 Å². The van der Waals surface area contributed by atoms with Gasteiger partial charge in [-0.3, -0.25) is 9.78 Å². The van der Waals surface area contributed by atoms with E-state index in [9.17, 15) is 26.4 Å². The molecule has 1 aromatic heterocycles. The molecule has 3 aromatic rings. The molecule has 9 nitrogen and oxygen atoms in total. The van der Waals surface area contributed by atoms with Gasteiger partial charge in [0, 0.05) is 29.2 Å². The number of primary amides is 1. The molecular formula is C19H17F3N4O5S. The Morgan fingerprint density at radius 1 is 1.12 bits per heavy atom. The smallest absolute Gasteiger partial charge is 0.475 e. The van der Waals surface area contributed by atoms with E-state index < -0.39 is 27.9 Å². The second-order valence-electron chi connectivity index (χ2n) is 6.42. The Morgan fingerprint density at radius 2 is 1.75 bits per heavy atom. The van der Waals surface area contributed by atoms with Gasteiger partial charge >= 0.3 is 12.1 Å². The van der Waals surface area contributed by atoms with Crippen LogP contribution in [-0.2, 0) is 14.6 Å². The number of carboxylic acid groups (broad SMARTS) is 1. The van der Waals surface area contributed by atoms with Gasteiger partial charge in [-0.1, -0.05) is 6.07 Å². The molecule has 0 aliphatic heterocycles. The Morgan fingerprint density at radius 3 is 2.25 bits per heavy atom. The van der Waals surface area contributed by atoms with Crippen LogP contribution in [0.2, 0.25) is 0 Å². The number of nitrogen functional groups attached to an aromatic ring is 1. The number of carbonyl (C=O) groups is 2. The lowest BCUT2D eigenvalue weighted by Gasteiger charge is -2.14. The molecule has 0 spiro atoms. The van der Waals surface area contributed by atoms with Gasteiger partial charge in [0.05, 0.1) is 21.7 Å². The maximum Gasteiger partial charge on any atom is 0.490 e.